The number of aryl methyl sites for hydroxylation is 1. The second-order valence-corrected chi connectivity index (χ2v) is 10.4. The fourth-order valence-corrected chi connectivity index (χ4v) is 5.67. The van der Waals surface area contributed by atoms with E-state index in [1.54, 1.807) is 18.2 Å². The normalized spacial score (nSPS) is 16.4. The maximum absolute atomic E-state index is 12.6. The van der Waals surface area contributed by atoms with Crippen molar-refractivity contribution in [2.24, 2.45) is 0 Å². The minimum absolute atomic E-state index is 0.147. The summed E-state index contributed by atoms with van der Waals surface area (Å²) in [5.41, 5.74) is 3.74. The molecule has 1 heterocycles. The lowest BCUT2D eigenvalue weighted by atomic mass is 10.1. The number of benzene rings is 4. The Bertz CT molecular complexity index is 1430. The number of amides is 1. The summed E-state index contributed by atoms with van der Waals surface area (Å²) < 4.78 is 6.03. The Morgan fingerprint density at radius 2 is 1.72 bits per heavy atom. The number of thioether (sulfide) groups is 1. The van der Waals surface area contributed by atoms with Crippen LogP contribution in [0, 0.1) is 0 Å². The number of fused-ring (bicyclic) bond motifs is 1. The number of anilines is 1. The van der Waals surface area contributed by atoms with Gasteiger partial charge in [-0.15, -0.1) is 0 Å². The summed E-state index contributed by atoms with van der Waals surface area (Å²) in [7, 11) is 0. The first kappa shape index (κ1) is 24.6. The van der Waals surface area contributed by atoms with Crippen molar-refractivity contribution in [3.63, 3.8) is 0 Å². The van der Waals surface area contributed by atoms with E-state index >= 15 is 0 Å². The quantitative estimate of drug-likeness (QED) is 0.236. The highest BCUT2D eigenvalue weighted by molar-refractivity contribution is 8.05. The molecule has 36 heavy (non-hydrogen) atoms. The summed E-state index contributed by atoms with van der Waals surface area (Å²) in [6.45, 7) is 2.46. The first-order valence-corrected chi connectivity index (χ1v) is 13.3. The van der Waals surface area contributed by atoms with Gasteiger partial charge in [-0.2, -0.15) is 0 Å². The van der Waals surface area contributed by atoms with E-state index in [1.165, 1.54) is 17.3 Å². The third-order valence-electron chi connectivity index (χ3n) is 5.96. The highest BCUT2D eigenvalue weighted by Gasteiger charge is 2.27. The van der Waals surface area contributed by atoms with E-state index in [9.17, 15) is 4.79 Å². The molecule has 0 saturated carbocycles. The molecule has 182 valence electrons. The number of carbonyl (C=O) groups excluding carboxylic acids is 1. The molecule has 0 radical (unpaired) electrons. The third kappa shape index (κ3) is 5.49. The zero-order valence-electron chi connectivity index (χ0n) is 19.6. The molecule has 5 rings (SSSR count). The molecule has 2 N–H and O–H groups in total. The first-order valence-electron chi connectivity index (χ1n) is 11.6. The lowest BCUT2D eigenvalue weighted by Crippen LogP contribution is -2.30. The molecule has 0 aromatic heterocycles. The Balaban J connectivity index is 1.28. The topological polar surface area (TPSA) is 50.4 Å². The molecule has 4 aromatic rings. The van der Waals surface area contributed by atoms with Crippen LogP contribution >= 0.6 is 35.0 Å². The standard InChI is InChI=1S/C29H24Cl2N2O2S/c1-2-18-10-12-22(13-11-18)32-29-33-28(34)26(36-29)16-19-14-24(30)27(25(31)15-19)35-17-21-8-5-7-20-6-3-4-9-23(20)21/h3-16,29,32H,2,17H2,1H3,(H,33,34)/b26-16-/t29-/m1/s1. The number of hydrogen-bond donors (Lipinski definition) is 2. The van der Waals surface area contributed by atoms with E-state index in [0.717, 1.165) is 34.0 Å². The Morgan fingerprint density at radius 1 is 1.00 bits per heavy atom. The van der Waals surface area contributed by atoms with E-state index in [-0.39, 0.29) is 11.4 Å². The molecule has 1 atom stereocenters. The molecular formula is C29H24Cl2N2O2S. The fourth-order valence-electron chi connectivity index (χ4n) is 4.07. The SMILES string of the molecule is CCc1ccc(N[C@@H]2NC(=O)/C(=C/c3cc(Cl)c(OCc4cccc5ccccc45)c(Cl)c3)S2)cc1. The molecule has 0 spiro atoms. The lowest BCUT2D eigenvalue weighted by molar-refractivity contribution is -0.116. The summed E-state index contributed by atoms with van der Waals surface area (Å²) in [6, 6.07) is 26.0. The van der Waals surface area contributed by atoms with Gasteiger partial charge in [0.15, 0.2) is 11.2 Å². The smallest absolute Gasteiger partial charge is 0.260 e. The predicted molar refractivity (Wildman–Crippen MR) is 152 cm³/mol. The zero-order chi connectivity index (χ0) is 25.1. The number of ether oxygens (including phenoxy) is 1. The molecule has 4 nitrogen and oxygen atoms in total. The second-order valence-electron chi connectivity index (χ2n) is 8.42. The molecule has 7 heteroatoms. The molecule has 1 aliphatic heterocycles. The van der Waals surface area contributed by atoms with Gasteiger partial charge in [-0.05, 0) is 64.2 Å². The molecule has 1 fully saturated rings. The van der Waals surface area contributed by atoms with Crippen LogP contribution in [-0.4, -0.2) is 11.4 Å². The average molecular weight is 535 g/mol. The van der Waals surface area contributed by atoms with Crippen LogP contribution in [0.15, 0.2) is 83.8 Å². The minimum Gasteiger partial charge on any atom is -0.486 e. The van der Waals surface area contributed by atoms with E-state index in [4.69, 9.17) is 27.9 Å². The highest BCUT2D eigenvalue weighted by atomic mass is 35.5. The number of halogens is 2. The van der Waals surface area contributed by atoms with Gasteiger partial charge < -0.3 is 15.4 Å². The molecule has 0 bridgehead atoms. The van der Waals surface area contributed by atoms with Crippen LogP contribution in [0.1, 0.15) is 23.6 Å². The Hall–Kier alpha value is -3.12. The van der Waals surface area contributed by atoms with Gasteiger partial charge in [0.25, 0.3) is 5.91 Å². The molecule has 1 amide bonds. The van der Waals surface area contributed by atoms with Gasteiger partial charge in [0.05, 0.1) is 15.0 Å². The van der Waals surface area contributed by atoms with Gasteiger partial charge in [-0.25, -0.2) is 0 Å². The van der Waals surface area contributed by atoms with Crippen molar-refractivity contribution >= 4 is 63.4 Å². The second kappa shape index (κ2) is 10.9. The zero-order valence-corrected chi connectivity index (χ0v) is 21.9. The number of hydrogen-bond acceptors (Lipinski definition) is 4. The maximum Gasteiger partial charge on any atom is 0.260 e. The summed E-state index contributed by atoms with van der Waals surface area (Å²) in [6.07, 6.45) is 2.77. The summed E-state index contributed by atoms with van der Waals surface area (Å²) in [5, 5.41) is 9.34. The molecule has 4 aromatic carbocycles. The van der Waals surface area contributed by atoms with E-state index < -0.39 is 0 Å². The Morgan fingerprint density at radius 3 is 2.47 bits per heavy atom. The maximum atomic E-state index is 12.6. The number of rotatable bonds is 7. The van der Waals surface area contributed by atoms with Crippen LogP contribution in [0.4, 0.5) is 5.69 Å². The molecular weight excluding hydrogens is 511 g/mol. The highest BCUT2D eigenvalue weighted by Crippen LogP contribution is 2.37. The van der Waals surface area contributed by atoms with E-state index in [1.807, 2.05) is 36.4 Å². The fraction of sp³-hybridized carbons (Fsp3) is 0.138. The van der Waals surface area contributed by atoms with E-state index in [2.05, 4.69) is 47.9 Å². The number of nitrogens with one attached hydrogen (secondary N) is 2. The largest absolute Gasteiger partial charge is 0.486 e. The summed E-state index contributed by atoms with van der Waals surface area (Å²) >= 11 is 14.5. The lowest BCUT2D eigenvalue weighted by Gasteiger charge is -2.13. The third-order valence-corrected chi connectivity index (χ3v) is 7.55. The van der Waals surface area contributed by atoms with Crippen molar-refractivity contribution in [1.29, 1.82) is 0 Å². The van der Waals surface area contributed by atoms with Gasteiger partial charge in [0.2, 0.25) is 0 Å². The van der Waals surface area contributed by atoms with Crippen molar-refractivity contribution in [1.82, 2.24) is 5.32 Å². The summed E-state index contributed by atoms with van der Waals surface area (Å²) in [4.78, 5) is 13.1. The van der Waals surface area contributed by atoms with E-state index in [0.29, 0.717) is 27.3 Å². The average Bonchev–Trinajstić information content (AvgIpc) is 3.22. The van der Waals surface area contributed by atoms with Crippen molar-refractivity contribution in [3.8, 4) is 5.75 Å². The molecule has 0 unspecified atom stereocenters. The number of carbonyl (C=O) groups is 1. The predicted octanol–water partition coefficient (Wildman–Crippen LogP) is 7.89. The minimum atomic E-state index is -0.259. The van der Waals surface area contributed by atoms with Crippen molar-refractivity contribution in [2.75, 3.05) is 5.32 Å². The van der Waals surface area contributed by atoms with Crippen LogP contribution < -0.4 is 15.4 Å². The van der Waals surface area contributed by atoms with Gasteiger partial charge in [0.1, 0.15) is 6.61 Å². The molecule has 1 saturated heterocycles. The van der Waals surface area contributed by atoms with Crippen LogP contribution in [0.25, 0.3) is 16.8 Å². The van der Waals surface area contributed by atoms with Crippen molar-refractivity contribution < 1.29 is 9.53 Å². The van der Waals surface area contributed by atoms with Crippen LogP contribution in [0.2, 0.25) is 10.0 Å². The Kier molecular flexibility index (Phi) is 7.42. The van der Waals surface area contributed by atoms with Gasteiger partial charge >= 0.3 is 0 Å². The van der Waals surface area contributed by atoms with Gasteiger partial charge in [0, 0.05) is 5.69 Å². The van der Waals surface area contributed by atoms with Crippen molar-refractivity contribution in [3.05, 3.63) is 111 Å². The first-order chi connectivity index (χ1) is 17.5. The van der Waals surface area contributed by atoms with Crippen LogP contribution in [0.5, 0.6) is 5.75 Å². The van der Waals surface area contributed by atoms with Crippen LogP contribution in [0.3, 0.4) is 0 Å². The van der Waals surface area contributed by atoms with Gasteiger partial charge in [-0.3, -0.25) is 4.79 Å². The Labute approximate surface area is 224 Å². The van der Waals surface area contributed by atoms with Crippen LogP contribution in [-0.2, 0) is 17.8 Å². The molecule has 1 aliphatic rings. The summed E-state index contributed by atoms with van der Waals surface area (Å²) in [5.74, 6) is 0.276. The van der Waals surface area contributed by atoms with Gasteiger partial charge in [-0.1, -0.05) is 96.5 Å². The molecule has 0 aliphatic carbocycles. The monoisotopic (exact) mass is 534 g/mol. The van der Waals surface area contributed by atoms with Crippen molar-refractivity contribution in [2.45, 2.75) is 25.4 Å².